The zero-order valence-electron chi connectivity index (χ0n) is 19.4. The third-order valence-corrected chi connectivity index (χ3v) is 6.38. The van der Waals surface area contributed by atoms with Gasteiger partial charge in [-0.15, -0.1) is 0 Å². The molecule has 180 valence electrons. The van der Waals surface area contributed by atoms with Crippen molar-refractivity contribution < 1.29 is 19.0 Å². The van der Waals surface area contributed by atoms with Crippen LogP contribution in [-0.4, -0.2) is 47.1 Å². The van der Waals surface area contributed by atoms with Crippen LogP contribution in [0.1, 0.15) is 26.7 Å². The maximum absolute atomic E-state index is 13.2. The maximum atomic E-state index is 13.2. The molecule has 0 radical (unpaired) electrons. The number of fused-ring (bicyclic) bond motifs is 1. The second-order valence-electron chi connectivity index (χ2n) is 7.82. The number of ether oxygens (including phenoxy) is 3. The normalized spacial score (nSPS) is 15.4. The number of carbonyl (C=O) groups excluding carboxylic acids is 1. The number of hydrogen-bond donors (Lipinski definition) is 1. The number of anilines is 1. The number of benzene rings is 2. The summed E-state index contributed by atoms with van der Waals surface area (Å²) in [4.78, 5) is 30.7. The van der Waals surface area contributed by atoms with Crippen LogP contribution in [-0.2, 0) is 16.1 Å². The van der Waals surface area contributed by atoms with Crippen LogP contribution in [0.15, 0.2) is 52.4 Å². The van der Waals surface area contributed by atoms with Crippen LogP contribution in [0.2, 0.25) is 0 Å². The molecule has 4 rings (SSSR count). The molecule has 2 heterocycles. The number of nitrogens with one attached hydrogen (secondary N) is 1. The summed E-state index contributed by atoms with van der Waals surface area (Å²) in [6.07, 6.45) is 1.86. The number of hydrogen-bond acceptors (Lipinski definition) is 7. The number of carbonyl (C=O) groups is 1. The van der Waals surface area contributed by atoms with Crippen LogP contribution in [0.25, 0.3) is 10.9 Å². The molecule has 1 saturated heterocycles. The van der Waals surface area contributed by atoms with Crippen LogP contribution in [0.5, 0.6) is 11.5 Å². The quantitative estimate of drug-likeness (QED) is 0.343. The number of aromatic nitrogens is 2. The van der Waals surface area contributed by atoms with Crippen molar-refractivity contribution in [1.29, 1.82) is 0 Å². The largest absolute Gasteiger partial charge is 0.494 e. The first-order chi connectivity index (χ1) is 16.6. The van der Waals surface area contributed by atoms with E-state index in [1.807, 2.05) is 38.1 Å². The summed E-state index contributed by atoms with van der Waals surface area (Å²) in [5, 5.41) is 3.97. The van der Waals surface area contributed by atoms with Crippen LogP contribution in [0, 0.1) is 0 Å². The topological polar surface area (TPSA) is 91.7 Å². The van der Waals surface area contributed by atoms with E-state index in [0.29, 0.717) is 59.6 Å². The molecule has 0 saturated carbocycles. The number of rotatable bonds is 10. The molecule has 1 aliphatic rings. The van der Waals surface area contributed by atoms with E-state index in [0.717, 1.165) is 12.8 Å². The highest BCUT2D eigenvalue weighted by atomic mass is 32.2. The van der Waals surface area contributed by atoms with E-state index in [4.69, 9.17) is 14.2 Å². The minimum atomic E-state index is -0.231. The van der Waals surface area contributed by atoms with Gasteiger partial charge in [0.05, 0.1) is 48.2 Å². The first-order valence-electron chi connectivity index (χ1n) is 11.5. The van der Waals surface area contributed by atoms with Crippen molar-refractivity contribution in [3.63, 3.8) is 0 Å². The Labute approximate surface area is 202 Å². The van der Waals surface area contributed by atoms with E-state index in [1.165, 1.54) is 11.8 Å². The fraction of sp³-hybridized carbons (Fsp3) is 0.400. The Morgan fingerprint density at radius 3 is 2.79 bits per heavy atom. The van der Waals surface area contributed by atoms with Crippen molar-refractivity contribution in [2.24, 2.45) is 0 Å². The molecule has 2 aromatic carbocycles. The van der Waals surface area contributed by atoms with Crippen molar-refractivity contribution in [3.8, 4) is 11.5 Å². The van der Waals surface area contributed by atoms with Crippen molar-refractivity contribution >= 4 is 34.3 Å². The van der Waals surface area contributed by atoms with E-state index in [-0.39, 0.29) is 23.3 Å². The molecule has 1 fully saturated rings. The van der Waals surface area contributed by atoms with Crippen molar-refractivity contribution in [1.82, 2.24) is 9.55 Å². The average Bonchev–Trinajstić information content (AvgIpc) is 3.35. The minimum Gasteiger partial charge on any atom is -0.494 e. The molecule has 1 atom stereocenters. The summed E-state index contributed by atoms with van der Waals surface area (Å²) in [7, 11) is 0. The molecule has 1 N–H and O–H groups in total. The predicted octanol–water partition coefficient (Wildman–Crippen LogP) is 4.10. The molecule has 0 bridgehead atoms. The molecule has 1 aromatic heterocycles. The Morgan fingerprint density at radius 1 is 1.21 bits per heavy atom. The fourth-order valence-corrected chi connectivity index (χ4v) is 4.68. The Hall–Kier alpha value is -3.04. The lowest BCUT2D eigenvalue weighted by Gasteiger charge is -2.17. The van der Waals surface area contributed by atoms with E-state index in [2.05, 4.69) is 10.3 Å². The molecule has 1 amide bonds. The van der Waals surface area contributed by atoms with E-state index >= 15 is 0 Å². The van der Waals surface area contributed by atoms with Gasteiger partial charge in [-0.1, -0.05) is 23.9 Å². The second-order valence-corrected chi connectivity index (χ2v) is 8.77. The molecule has 9 heteroatoms. The third kappa shape index (κ3) is 5.71. The van der Waals surface area contributed by atoms with Crippen molar-refractivity contribution in [2.45, 2.75) is 44.5 Å². The van der Waals surface area contributed by atoms with Gasteiger partial charge in [-0.2, -0.15) is 0 Å². The van der Waals surface area contributed by atoms with Gasteiger partial charge in [0.1, 0.15) is 11.5 Å². The lowest BCUT2D eigenvalue weighted by Crippen LogP contribution is -2.29. The molecule has 34 heavy (non-hydrogen) atoms. The fourth-order valence-electron chi connectivity index (χ4n) is 3.87. The first kappa shape index (κ1) is 24.1. The highest BCUT2D eigenvalue weighted by molar-refractivity contribution is 7.99. The smallest absolute Gasteiger partial charge is 0.262 e. The summed E-state index contributed by atoms with van der Waals surface area (Å²) in [6.45, 7) is 5.91. The van der Waals surface area contributed by atoms with Crippen LogP contribution < -0.4 is 20.3 Å². The van der Waals surface area contributed by atoms with Gasteiger partial charge in [-0.05, 0) is 51.0 Å². The van der Waals surface area contributed by atoms with Gasteiger partial charge in [0, 0.05) is 12.7 Å². The summed E-state index contributed by atoms with van der Waals surface area (Å²) >= 11 is 1.23. The molecular formula is C25H29N3O5S. The Kier molecular flexibility index (Phi) is 8.08. The standard InChI is InChI=1S/C25H29N3O5S/c1-3-31-17-11-12-22(32-4-2)21(14-17)26-23(29)16-34-25-27-20-10-6-5-9-19(20)24(30)28(25)15-18-8-7-13-33-18/h5-6,9-12,14,18H,3-4,7-8,13,15-16H2,1-2H3,(H,26,29)/t18-/m1/s1. The van der Waals surface area contributed by atoms with Crippen molar-refractivity contribution in [3.05, 3.63) is 52.8 Å². The average molecular weight is 484 g/mol. The monoisotopic (exact) mass is 483 g/mol. The highest BCUT2D eigenvalue weighted by Crippen LogP contribution is 2.30. The van der Waals surface area contributed by atoms with Gasteiger partial charge >= 0.3 is 0 Å². The summed E-state index contributed by atoms with van der Waals surface area (Å²) in [5.74, 6) is 1.07. The van der Waals surface area contributed by atoms with Gasteiger partial charge in [-0.3, -0.25) is 14.2 Å². The number of amides is 1. The molecule has 0 spiro atoms. The SMILES string of the molecule is CCOc1ccc(OCC)c(NC(=O)CSc2nc3ccccc3c(=O)n2C[C@H]2CCCO2)c1. The molecule has 0 unspecified atom stereocenters. The molecule has 1 aliphatic heterocycles. The first-order valence-corrected chi connectivity index (χ1v) is 12.5. The Morgan fingerprint density at radius 2 is 2.03 bits per heavy atom. The molecular weight excluding hydrogens is 454 g/mol. The van der Waals surface area contributed by atoms with Crippen molar-refractivity contribution in [2.75, 3.05) is 30.9 Å². The van der Waals surface area contributed by atoms with Gasteiger partial charge < -0.3 is 19.5 Å². The second kappa shape index (κ2) is 11.4. The third-order valence-electron chi connectivity index (χ3n) is 5.41. The number of thioether (sulfide) groups is 1. The lowest BCUT2D eigenvalue weighted by atomic mass is 10.2. The predicted molar refractivity (Wildman–Crippen MR) is 133 cm³/mol. The van der Waals surface area contributed by atoms with Crippen LogP contribution in [0.3, 0.4) is 0 Å². The van der Waals surface area contributed by atoms with E-state index in [1.54, 1.807) is 22.8 Å². The number of para-hydroxylation sites is 1. The van der Waals surface area contributed by atoms with Gasteiger partial charge in [0.2, 0.25) is 5.91 Å². The van der Waals surface area contributed by atoms with Gasteiger partial charge in [0.15, 0.2) is 5.16 Å². The Balaban J connectivity index is 1.54. The number of nitrogens with zero attached hydrogens (tertiary/aromatic N) is 2. The molecule has 3 aromatic rings. The lowest BCUT2D eigenvalue weighted by molar-refractivity contribution is -0.113. The Bertz CT molecular complexity index is 1210. The van der Waals surface area contributed by atoms with Crippen LogP contribution in [0.4, 0.5) is 5.69 Å². The van der Waals surface area contributed by atoms with E-state index < -0.39 is 0 Å². The zero-order chi connectivity index (χ0) is 23.9. The maximum Gasteiger partial charge on any atom is 0.262 e. The molecule has 8 nitrogen and oxygen atoms in total. The minimum absolute atomic E-state index is 0.0242. The zero-order valence-corrected chi connectivity index (χ0v) is 20.2. The summed E-state index contributed by atoms with van der Waals surface area (Å²) < 4.78 is 18.6. The van der Waals surface area contributed by atoms with Gasteiger partial charge in [-0.25, -0.2) is 4.98 Å². The van der Waals surface area contributed by atoms with Crippen LogP contribution >= 0.6 is 11.8 Å². The summed E-state index contributed by atoms with van der Waals surface area (Å²) in [6, 6.07) is 12.6. The van der Waals surface area contributed by atoms with E-state index in [9.17, 15) is 9.59 Å². The molecule has 0 aliphatic carbocycles. The highest BCUT2D eigenvalue weighted by Gasteiger charge is 2.21. The summed E-state index contributed by atoms with van der Waals surface area (Å²) in [5.41, 5.74) is 1.04. The van der Waals surface area contributed by atoms with Gasteiger partial charge in [0.25, 0.3) is 5.56 Å².